The summed E-state index contributed by atoms with van der Waals surface area (Å²) >= 11 is 0. The van der Waals surface area contributed by atoms with Gasteiger partial charge in [-0.25, -0.2) is 0 Å². The molecule has 5 rings (SSSR count). The van der Waals surface area contributed by atoms with Crippen LogP contribution in [0.4, 0.5) is 0 Å². The van der Waals surface area contributed by atoms with E-state index in [9.17, 15) is 9.59 Å². The monoisotopic (exact) mass is 454 g/mol. The second-order valence-electron chi connectivity index (χ2n) is 9.10. The van der Waals surface area contributed by atoms with E-state index in [1.807, 2.05) is 19.2 Å². The number of ether oxygens (including phenoxy) is 1. The summed E-state index contributed by atoms with van der Waals surface area (Å²) in [5.74, 6) is -0.0399. The highest BCUT2D eigenvalue weighted by molar-refractivity contribution is 6.21. The third-order valence-corrected chi connectivity index (χ3v) is 7.41. The van der Waals surface area contributed by atoms with Gasteiger partial charge in [0.15, 0.2) is 0 Å². The number of amides is 2. The molecule has 2 heterocycles. The lowest BCUT2D eigenvalue weighted by atomic mass is 9.71. The average molecular weight is 455 g/mol. The molecule has 5 heteroatoms. The molecule has 2 aliphatic rings. The van der Waals surface area contributed by atoms with Crippen molar-refractivity contribution in [1.29, 1.82) is 0 Å². The maximum Gasteiger partial charge on any atom is 0.261 e. The van der Waals surface area contributed by atoms with Crippen LogP contribution in [0.1, 0.15) is 44.7 Å². The number of benzene rings is 3. The molecule has 0 bridgehead atoms. The topological polar surface area (TPSA) is 49.9 Å². The first kappa shape index (κ1) is 22.5. The Labute approximate surface area is 201 Å². The summed E-state index contributed by atoms with van der Waals surface area (Å²) in [6, 6.07) is 28.1. The number of fused-ring (bicyclic) bond motifs is 1. The smallest absolute Gasteiger partial charge is 0.261 e. The summed E-state index contributed by atoms with van der Waals surface area (Å²) < 4.78 is 6.37. The van der Waals surface area contributed by atoms with Gasteiger partial charge in [-0.1, -0.05) is 72.8 Å². The van der Waals surface area contributed by atoms with Gasteiger partial charge in [-0.3, -0.25) is 14.5 Å². The summed E-state index contributed by atoms with van der Waals surface area (Å²) in [6.45, 7) is 2.91. The predicted molar refractivity (Wildman–Crippen MR) is 132 cm³/mol. The van der Waals surface area contributed by atoms with E-state index in [4.69, 9.17) is 4.74 Å². The maximum atomic E-state index is 12.7. The molecule has 1 fully saturated rings. The Hall–Kier alpha value is -3.28. The van der Waals surface area contributed by atoms with Gasteiger partial charge in [-0.05, 0) is 55.1 Å². The quantitative estimate of drug-likeness (QED) is 0.490. The minimum atomic E-state index is -0.503. The van der Waals surface area contributed by atoms with E-state index in [-0.39, 0.29) is 11.8 Å². The number of hydrogen-bond donors (Lipinski definition) is 0. The van der Waals surface area contributed by atoms with Crippen LogP contribution in [0.2, 0.25) is 0 Å². The molecule has 34 heavy (non-hydrogen) atoms. The Morgan fingerprint density at radius 1 is 0.735 bits per heavy atom. The van der Waals surface area contributed by atoms with Crippen LogP contribution in [0.15, 0.2) is 84.9 Å². The van der Waals surface area contributed by atoms with Gasteiger partial charge >= 0.3 is 0 Å². The van der Waals surface area contributed by atoms with Crippen molar-refractivity contribution in [1.82, 2.24) is 9.80 Å². The molecule has 0 spiro atoms. The lowest BCUT2D eigenvalue weighted by molar-refractivity contribution is -0.0509. The van der Waals surface area contributed by atoms with Gasteiger partial charge in [0.25, 0.3) is 11.8 Å². The average Bonchev–Trinajstić information content (AvgIpc) is 3.15. The fourth-order valence-corrected chi connectivity index (χ4v) is 5.66. The van der Waals surface area contributed by atoms with Crippen molar-refractivity contribution in [3.63, 3.8) is 0 Å². The molecular weight excluding hydrogens is 424 g/mol. The second kappa shape index (κ2) is 9.53. The number of carbonyl (C=O) groups excluding carboxylic acids is 2. The molecule has 1 saturated heterocycles. The third-order valence-electron chi connectivity index (χ3n) is 7.41. The van der Waals surface area contributed by atoms with Crippen LogP contribution in [0, 0.1) is 5.92 Å². The van der Waals surface area contributed by atoms with Gasteiger partial charge in [0.2, 0.25) is 0 Å². The summed E-state index contributed by atoms with van der Waals surface area (Å²) in [6.07, 6.45) is 1.94. The second-order valence-corrected chi connectivity index (χ2v) is 9.10. The molecule has 2 amide bonds. The maximum absolute atomic E-state index is 12.7. The van der Waals surface area contributed by atoms with Crippen LogP contribution in [-0.4, -0.2) is 54.9 Å². The number of carbonyl (C=O) groups is 2. The Morgan fingerprint density at radius 2 is 1.21 bits per heavy atom. The van der Waals surface area contributed by atoms with Crippen molar-refractivity contribution < 1.29 is 14.3 Å². The van der Waals surface area contributed by atoms with Gasteiger partial charge in [0.05, 0.1) is 11.1 Å². The molecule has 0 N–H and O–H groups in total. The van der Waals surface area contributed by atoms with Gasteiger partial charge < -0.3 is 9.64 Å². The molecule has 174 valence electrons. The van der Waals surface area contributed by atoms with Crippen LogP contribution in [0.3, 0.4) is 0 Å². The van der Waals surface area contributed by atoms with Crippen LogP contribution in [0.5, 0.6) is 0 Å². The highest BCUT2D eigenvalue weighted by atomic mass is 16.5. The number of piperidine rings is 1. The molecule has 2 aliphatic heterocycles. The zero-order valence-corrected chi connectivity index (χ0v) is 19.5. The number of rotatable bonds is 7. The number of nitrogens with zero attached hydrogens (tertiary/aromatic N) is 2. The Kier molecular flexibility index (Phi) is 6.31. The first-order valence-corrected chi connectivity index (χ1v) is 12.0. The van der Waals surface area contributed by atoms with E-state index in [0.29, 0.717) is 30.1 Å². The molecular formula is C29H30N2O3. The highest BCUT2D eigenvalue weighted by Crippen LogP contribution is 2.44. The Morgan fingerprint density at radius 3 is 1.68 bits per heavy atom. The lowest BCUT2D eigenvalue weighted by Gasteiger charge is -2.45. The molecule has 0 aliphatic carbocycles. The van der Waals surface area contributed by atoms with E-state index in [1.54, 1.807) is 24.3 Å². The number of hydrogen-bond acceptors (Lipinski definition) is 4. The van der Waals surface area contributed by atoms with E-state index >= 15 is 0 Å². The summed E-state index contributed by atoms with van der Waals surface area (Å²) in [5.41, 5.74) is 2.88. The summed E-state index contributed by atoms with van der Waals surface area (Å²) in [7, 11) is 1.81. The van der Waals surface area contributed by atoms with Gasteiger partial charge in [-0.2, -0.15) is 0 Å². The molecule has 0 atom stereocenters. The fraction of sp³-hybridized carbons (Fsp3) is 0.310. The molecule has 0 aromatic heterocycles. The molecule has 5 nitrogen and oxygen atoms in total. The number of methoxy groups -OCH3 is 1. The van der Waals surface area contributed by atoms with Gasteiger partial charge in [0, 0.05) is 20.2 Å². The van der Waals surface area contributed by atoms with Crippen LogP contribution < -0.4 is 0 Å². The minimum Gasteiger partial charge on any atom is -0.368 e. The lowest BCUT2D eigenvalue weighted by Crippen LogP contribution is -2.47. The van der Waals surface area contributed by atoms with Crippen molar-refractivity contribution in [2.45, 2.75) is 18.4 Å². The Balaban J connectivity index is 1.28. The zero-order chi connectivity index (χ0) is 23.5. The van der Waals surface area contributed by atoms with E-state index in [0.717, 1.165) is 25.9 Å². The third kappa shape index (κ3) is 3.85. The van der Waals surface area contributed by atoms with Crippen molar-refractivity contribution in [3.05, 3.63) is 107 Å². The van der Waals surface area contributed by atoms with Crippen molar-refractivity contribution in [2.24, 2.45) is 5.92 Å². The van der Waals surface area contributed by atoms with Gasteiger partial charge in [-0.15, -0.1) is 0 Å². The fourth-order valence-electron chi connectivity index (χ4n) is 5.66. The molecule has 3 aromatic carbocycles. The molecule has 3 aromatic rings. The predicted octanol–water partition coefficient (Wildman–Crippen LogP) is 4.58. The van der Waals surface area contributed by atoms with Gasteiger partial charge in [0.1, 0.15) is 5.60 Å². The van der Waals surface area contributed by atoms with Crippen LogP contribution in [0.25, 0.3) is 0 Å². The zero-order valence-electron chi connectivity index (χ0n) is 19.5. The SMILES string of the molecule is COC(c1ccccc1)(c1ccccc1)C1CCN(CCN2C(=O)c3ccccc3C2=O)CC1. The number of likely N-dealkylation sites (tertiary alicyclic amines) is 1. The highest BCUT2D eigenvalue weighted by Gasteiger charge is 2.43. The van der Waals surface area contributed by atoms with E-state index in [1.165, 1.54) is 16.0 Å². The van der Waals surface area contributed by atoms with Crippen LogP contribution in [-0.2, 0) is 10.3 Å². The summed E-state index contributed by atoms with van der Waals surface area (Å²) in [5, 5.41) is 0. The van der Waals surface area contributed by atoms with E-state index < -0.39 is 5.60 Å². The number of imide groups is 1. The minimum absolute atomic E-state index is 0.179. The molecule has 0 unspecified atom stereocenters. The summed E-state index contributed by atoms with van der Waals surface area (Å²) in [4.78, 5) is 29.1. The Bertz CT molecular complexity index is 1080. The molecule has 0 saturated carbocycles. The van der Waals surface area contributed by atoms with Crippen molar-refractivity contribution in [2.75, 3.05) is 33.3 Å². The largest absolute Gasteiger partial charge is 0.368 e. The first-order chi connectivity index (χ1) is 16.6. The van der Waals surface area contributed by atoms with E-state index in [2.05, 4.69) is 53.4 Å². The van der Waals surface area contributed by atoms with Crippen LogP contribution >= 0.6 is 0 Å². The van der Waals surface area contributed by atoms with Crippen molar-refractivity contribution >= 4 is 11.8 Å². The molecule has 0 radical (unpaired) electrons. The first-order valence-electron chi connectivity index (χ1n) is 12.0. The normalized spacial score (nSPS) is 17.3. The standard InChI is InChI=1S/C29H30N2O3/c1-34-29(22-10-4-2-5-11-22,23-12-6-3-7-13-23)24-16-18-30(19-17-24)20-21-31-27(32)25-14-8-9-15-26(25)28(31)33/h2-15,24H,16-21H2,1H3. The van der Waals surface area contributed by atoms with Crippen molar-refractivity contribution in [3.8, 4) is 0 Å².